The third-order valence-electron chi connectivity index (χ3n) is 16.6. The lowest BCUT2D eigenvalue weighted by Gasteiger charge is -2.64. The molecule has 8 rings (SSSR count). The Balaban J connectivity index is 0.953. The minimum Gasteiger partial charge on any atom is -0.458 e. The van der Waals surface area contributed by atoms with Gasteiger partial charge < -0.3 is 89.0 Å². The van der Waals surface area contributed by atoms with Gasteiger partial charge in [0.1, 0.15) is 73.8 Å². The molecule has 19 nitrogen and oxygen atoms in total. The van der Waals surface area contributed by atoms with E-state index in [2.05, 4.69) is 13.8 Å². The molecule has 4 heterocycles. The quantitative estimate of drug-likeness (QED) is 0.0818. The summed E-state index contributed by atoms with van der Waals surface area (Å²) < 4.78 is 46.9. The third-order valence-corrected chi connectivity index (χ3v) is 16.6. The number of esters is 1. The van der Waals surface area contributed by atoms with Gasteiger partial charge in [-0.1, -0.05) is 13.8 Å². The maximum absolute atomic E-state index is 12.7. The molecule has 61 heavy (non-hydrogen) atoms. The van der Waals surface area contributed by atoms with Crippen molar-refractivity contribution < 1.29 is 93.8 Å². The Morgan fingerprint density at radius 2 is 1.43 bits per heavy atom. The van der Waals surface area contributed by atoms with Crippen molar-refractivity contribution in [1.82, 2.24) is 0 Å². The van der Waals surface area contributed by atoms with E-state index in [1.165, 1.54) is 7.11 Å². The van der Waals surface area contributed by atoms with Crippen LogP contribution in [0.2, 0.25) is 0 Å². The first-order chi connectivity index (χ1) is 28.9. The first kappa shape index (κ1) is 46.1. The molecule has 348 valence electrons. The average molecular weight is 875 g/mol. The zero-order chi connectivity index (χ0) is 43.9. The predicted octanol–water partition coefficient (Wildman–Crippen LogP) is -2.27. The summed E-state index contributed by atoms with van der Waals surface area (Å²) in [7, 11) is 1.36. The van der Waals surface area contributed by atoms with Gasteiger partial charge in [0, 0.05) is 25.0 Å². The molecule has 0 aromatic heterocycles. The summed E-state index contributed by atoms with van der Waals surface area (Å²) in [6, 6.07) is 0. The predicted molar refractivity (Wildman–Crippen MR) is 204 cm³/mol. The Morgan fingerprint density at radius 1 is 0.738 bits per heavy atom. The van der Waals surface area contributed by atoms with Crippen LogP contribution < -0.4 is 0 Å². The van der Waals surface area contributed by atoms with Crippen LogP contribution in [0.25, 0.3) is 0 Å². The molecule has 0 radical (unpaired) electrons. The topological polar surface area (TPSA) is 293 Å². The fourth-order valence-electron chi connectivity index (χ4n) is 13.0. The van der Waals surface area contributed by atoms with E-state index in [4.69, 9.17) is 37.9 Å². The highest BCUT2D eigenvalue weighted by atomic mass is 16.8. The number of cyclic esters (lactones) is 1. The number of aliphatic hydroxyl groups excluding tert-OH is 9. The van der Waals surface area contributed by atoms with Crippen LogP contribution in [0.1, 0.15) is 72.1 Å². The van der Waals surface area contributed by atoms with Gasteiger partial charge in [-0.2, -0.15) is 0 Å². The molecule has 0 amide bonds. The van der Waals surface area contributed by atoms with Crippen LogP contribution in [0.3, 0.4) is 0 Å². The first-order valence-corrected chi connectivity index (χ1v) is 21.9. The molecule has 0 bridgehead atoms. The van der Waals surface area contributed by atoms with Gasteiger partial charge >= 0.3 is 5.97 Å². The number of aliphatic hydroxyl groups is 10. The van der Waals surface area contributed by atoms with Crippen LogP contribution in [-0.2, 0) is 42.7 Å². The maximum Gasteiger partial charge on any atom is 0.331 e. The van der Waals surface area contributed by atoms with Crippen LogP contribution >= 0.6 is 0 Å². The van der Waals surface area contributed by atoms with Crippen molar-refractivity contribution in [2.45, 2.75) is 182 Å². The number of hydrogen-bond donors (Lipinski definition) is 10. The minimum absolute atomic E-state index is 0.0324. The summed E-state index contributed by atoms with van der Waals surface area (Å²) in [5.41, 5.74) is -0.935. The molecule has 4 saturated carbocycles. The highest BCUT2D eigenvalue weighted by Crippen LogP contribution is 2.70. The van der Waals surface area contributed by atoms with Gasteiger partial charge in [0.15, 0.2) is 18.9 Å². The van der Waals surface area contributed by atoms with Crippen molar-refractivity contribution in [2.75, 3.05) is 26.9 Å². The molecule has 7 fully saturated rings. The SMILES string of the molecule is CO[C@@H]1[C@H](O)[C@H](C)O[C@@H](O[C@@H]2C[C@H]3CC[C@@H]4[C@H](CC[C@]5(C)[C@@H](C6=CC(=O)OC6)CC[C@]45O)[C@@]3(C)[C@H](O)C2)[C@@H]1O[C@@H]1O[C@H](CO[C@@H]2O[C@H](CO)[C@@H](O)[C@H](O)[C@H]2O)[C@@H](O)[C@H](O)[C@H]1O. The van der Waals surface area contributed by atoms with E-state index in [0.29, 0.717) is 12.8 Å². The van der Waals surface area contributed by atoms with Gasteiger partial charge in [-0.3, -0.25) is 0 Å². The lowest BCUT2D eigenvalue weighted by atomic mass is 9.42. The molecule has 0 aromatic carbocycles. The van der Waals surface area contributed by atoms with Crippen LogP contribution in [0, 0.1) is 34.5 Å². The van der Waals surface area contributed by atoms with E-state index in [-0.39, 0.29) is 42.7 Å². The molecule has 24 atom stereocenters. The monoisotopic (exact) mass is 874 g/mol. The Labute approximate surface area is 354 Å². The zero-order valence-corrected chi connectivity index (χ0v) is 35.1. The number of carbonyl (C=O) groups is 1. The lowest BCUT2D eigenvalue weighted by Crippen LogP contribution is -2.66. The molecular formula is C42H66O19. The number of rotatable bonds is 10. The molecule has 8 aliphatic rings. The van der Waals surface area contributed by atoms with Gasteiger partial charge in [-0.05, 0) is 86.5 Å². The van der Waals surface area contributed by atoms with Crippen LogP contribution in [0.15, 0.2) is 11.6 Å². The van der Waals surface area contributed by atoms with Crippen LogP contribution in [-0.4, -0.2) is 194 Å². The molecular weight excluding hydrogens is 808 g/mol. The van der Waals surface area contributed by atoms with Crippen molar-refractivity contribution in [3.63, 3.8) is 0 Å². The van der Waals surface area contributed by atoms with Gasteiger partial charge in [-0.25, -0.2) is 4.79 Å². The third kappa shape index (κ3) is 7.63. The van der Waals surface area contributed by atoms with E-state index < -0.39 is 134 Å². The minimum atomic E-state index is -1.83. The second-order valence-electron chi connectivity index (χ2n) is 19.4. The summed E-state index contributed by atoms with van der Waals surface area (Å²) in [4.78, 5) is 12.0. The Bertz CT molecular complexity index is 1600. The first-order valence-electron chi connectivity index (χ1n) is 21.9. The second kappa shape index (κ2) is 17.4. The van der Waals surface area contributed by atoms with E-state index >= 15 is 0 Å². The number of fused-ring (bicyclic) bond motifs is 5. The highest BCUT2D eigenvalue weighted by molar-refractivity contribution is 5.85. The normalized spacial score (nSPS) is 55.0. The van der Waals surface area contributed by atoms with Crippen molar-refractivity contribution in [1.29, 1.82) is 0 Å². The smallest absolute Gasteiger partial charge is 0.331 e. The van der Waals surface area contributed by atoms with Gasteiger partial charge in [0.25, 0.3) is 0 Å². The summed E-state index contributed by atoms with van der Waals surface area (Å²) >= 11 is 0. The summed E-state index contributed by atoms with van der Waals surface area (Å²) in [6.45, 7) is 4.94. The van der Waals surface area contributed by atoms with Crippen LogP contribution in [0.5, 0.6) is 0 Å². The fraction of sp³-hybridized carbons (Fsp3) is 0.929. The molecule has 0 spiro atoms. The van der Waals surface area contributed by atoms with Crippen LogP contribution in [0.4, 0.5) is 0 Å². The molecule has 0 aromatic rings. The number of carbonyl (C=O) groups excluding carboxylic acids is 1. The molecule has 3 saturated heterocycles. The Morgan fingerprint density at radius 3 is 2.10 bits per heavy atom. The molecule has 4 aliphatic heterocycles. The largest absolute Gasteiger partial charge is 0.458 e. The number of hydrogen-bond acceptors (Lipinski definition) is 19. The van der Waals surface area contributed by atoms with E-state index in [1.54, 1.807) is 13.0 Å². The molecule has 0 unspecified atom stereocenters. The highest BCUT2D eigenvalue weighted by Gasteiger charge is 2.69. The summed E-state index contributed by atoms with van der Waals surface area (Å²) in [6.07, 6.45) is -16.5. The van der Waals surface area contributed by atoms with Crippen molar-refractivity contribution in [2.24, 2.45) is 34.5 Å². The van der Waals surface area contributed by atoms with Gasteiger partial charge in [0.2, 0.25) is 0 Å². The van der Waals surface area contributed by atoms with E-state index in [9.17, 15) is 55.9 Å². The summed E-state index contributed by atoms with van der Waals surface area (Å²) in [5, 5.41) is 109. The lowest BCUT2D eigenvalue weighted by molar-refractivity contribution is -0.377. The second-order valence-corrected chi connectivity index (χ2v) is 19.4. The zero-order valence-electron chi connectivity index (χ0n) is 35.1. The number of methoxy groups -OCH3 is 1. The standard InChI is InChI=1S/C42H66O19/c1-17-28(46)35(54-4)36(61-38-34(52)32(50)30(48)25(60-38)16-56-37-33(51)31(49)29(47)24(14-43)59-37)39(57-17)58-20-12-19-5-6-23-22(41(19,3)26(44)13-20)7-9-40(2)21(8-10-42(23,40)53)18-11-27(45)55-15-18/h11,17,19-26,28-39,43-44,46-53H,5-10,12-16H2,1-4H3/t17-,19+,20+,21+,22-,23+,24+,25+,26+,28+,29+,30+,31-,32-,33+,34+,35+,36+,37+,38-,39-,40+,41-,42-/m0/s1. The fourth-order valence-corrected chi connectivity index (χ4v) is 13.0. The molecule has 4 aliphatic carbocycles. The van der Waals surface area contributed by atoms with E-state index in [1.807, 2.05) is 0 Å². The number of ether oxygens (including phenoxy) is 8. The molecule has 19 heteroatoms. The summed E-state index contributed by atoms with van der Waals surface area (Å²) in [5.74, 6) is -0.229. The maximum atomic E-state index is 12.7. The Kier molecular flexibility index (Phi) is 13.1. The molecule has 10 N–H and O–H groups in total. The Hall–Kier alpha value is -1.47. The van der Waals surface area contributed by atoms with Crippen molar-refractivity contribution >= 4 is 5.97 Å². The van der Waals surface area contributed by atoms with Crippen molar-refractivity contribution in [3.05, 3.63) is 11.6 Å². The van der Waals surface area contributed by atoms with Gasteiger partial charge in [0.05, 0.1) is 37.1 Å². The van der Waals surface area contributed by atoms with Crippen molar-refractivity contribution in [3.8, 4) is 0 Å². The van der Waals surface area contributed by atoms with E-state index in [0.717, 1.165) is 37.7 Å². The average Bonchev–Trinajstić information content (AvgIpc) is 3.78. The van der Waals surface area contributed by atoms with Gasteiger partial charge in [-0.15, -0.1) is 0 Å².